The van der Waals surface area contributed by atoms with Crippen molar-refractivity contribution < 1.29 is 0 Å². The van der Waals surface area contributed by atoms with Gasteiger partial charge < -0.3 is 0 Å². The van der Waals surface area contributed by atoms with Crippen molar-refractivity contribution in [2.24, 2.45) is 0 Å². The van der Waals surface area contributed by atoms with Crippen molar-refractivity contribution in [3.05, 3.63) is 12.2 Å². The molecule has 0 bridgehead atoms. The molecule has 0 spiro atoms. The predicted octanol–water partition coefficient (Wildman–Crippen LogP) is 8.38. The van der Waals surface area contributed by atoms with Gasteiger partial charge in [-0.3, -0.25) is 0 Å². The molecule has 0 aliphatic heterocycles. The highest BCUT2D eigenvalue weighted by Gasteiger charge is 1.51. The summed E-state index contributed by atoms with van der Waals surface area (Å²) in [6, 6.07) is 0. The zero-order chi connectivity index (χ0) is 15.6. The minimum absolute atomic E-state index is 0. The minimum Gasteiger partial charge on any atom is -0.100 e. The van der Waals surface area contributed by atoms with Crippen LogP contribution in [0, 0.1) is 0 Å². The number of hydrogen-bond donors (Lipinski definition) is 0. The molecule has 0 nitrogen and oxygen atoms in total. The van der Waals surface area contributed by atoms with Gasteiger partial charge in [-0.05, 0) is 13.8 Å². The van der Waals surface area contributed by atoms with Gasteiger partial charge in [-0.25, -0.2) is 0 Å². The molecular weight excluding hydrogens is 204 g/mol. The van der Waals surface area contributed by atoms with Gasteiger partial charge in [0.25, 0.3) is 0 Å². The van der Waals surface area contributed by atoms with Crippen LogP contribution in [0.5, 0.6) is 0 Å². The second-order valence-electron chi connectivity index (χ2n) is 1.21. The minimum atomic E-state index is 0. The van der Waals surface area contributed by atoms with E-state index in [1.165, 1.54) is 5.57 Å². The summed E-state index contributed by atoms with van der Waals surface area (Å²) in [7, 11) is 0. The molecule has 0 aliphatic rings. The smallest absolute Gasteiger partial charge is 0.0445 e. The van der Waals surface area contributed by atoms with E-state index in [1.54, 1.807) is 0 Å². The second kappa shape index (κ2) is 456. The fourth-order valence-electron chi connectivity index (χ4n) is 0. The first-order chi connectivity index (χ1) is 7.73. The summed E-state index contributed by atoms with van der Waals surface area (Å²) in [6.07, 6.45) is 0. The molecule has 0 N–H and O–H groups in total. The van der Waals surface area contributed by atoms with Crippen molar-refractivity contribution in [3.8, 4) is 0 Å². The molecule has 0 heterocycles. The Kier molecular flexibility index (Phi) is 1450. The van der Waals surface area contributed by atoms with Gasteiger partial charge in [-0.15, -0.1) is 6.58 Å². The Morgan fingerprint density at radius 1 is 0.471 bits per heavy atom. The number of hydrogen-bond acceptors (Lipinski definition) is 0. The van der Waals surface area contributed by atoms with Gasteiger partial charge in [-0.2, -0.15) is 0 Å². The van der Waals surface area contributed by atoms with Gasteiger partial charge in [0.1, 0.15) is 0 Å². The molecule has 0 heteroatoms. The molecule has 0 radical (unpaired) electrons. The highest BCUT2D eigenvalue weighted by Crippen LogP contribution is 1.73. The lowest BCUT2D eigenvalue weighted by Gasteiger charge is -1.65. The predicted molar refractivity (Wildman–Crippen MR) is 95.3 cm³/mol. The first kappa shape index (κ1) is 54.3. The molecule has 0 aliphatic carbocycles. The van der Waals surface area contributed by atoms with Crippen molar-refractivity contribution in [2.75, 3.05) is 0 Å². The van der Waals surface area contributed by atoms with Crippen LogP contribution < -0.4 is 0 Å². The number of allylic oxidation sites excluding steroid dienone is 1. The third-order valence-corrected chi connectivity index (χ3v) is 0. The van der Waals surface area contributed by atoms with Gasteiger partial charge >= 0.3 is 0 Å². The molecule has 0 saturated carbocycles. The van der Waals surface area contributed by atoms with Crippen LogP contribution in [0.4, 0.5) is 0 Å². The maximum Gasteiger partial charge on any atom is -0.0445 e. The molecule has 0 fully saturated rings. The van der Waals surface area contributed by atoms with Crippen molar-refractivity contribution in [3.63, 3.8) is 0 Å². The summed E-state index contributed by atoms with van der Waals surface area (Å²) in [5.41, 5.74) is 1.17. The van der Waals surface area contributed by atoms with E-state index in [2.05, 4.69) is 6.58 Å². The van der Waals surface area contributed by atoms with E-state index >= 15 is 0 Å². The number of rotatable bonds is 0. The Balaban J connectivity index is -0.00000000946. The molecule has 116 valence electrons. The molecule has 17 heavy (non-hydrogen) atoms. The Bertz CT molecular complexity index is 23.0. The molecule has 0 aromatic carbocycles. The maximum atomic E-state index is 3.56. The molecule has 0 saturated heterocycles. The third-order valence-electron chi connectivity index (χ3n) is 0. The third kappa shape index (κ3) is 44000. The van der Waals surface area contributed by atoms with Crippen LogP contribution in [0.3, 0.4) is 0 Å². The fourth-order valence-corrected chi connectivity index (χ4v) is 0. The van der Waals surface area contributed by atoms with Gasteiger partial charge in [0.15, 0.2) is 0 Å². The van der Waals surface area contributed by atoms with E-state index in [4.69, 9.17) is 0 Å². The van der Waals surface area contributed by atoms with E-state index in [0.29, 0.717) is 0 Å². The van der Waals surface area contributed by atoms with Crippen LogP contribution in [-0.4, -0.2) is 0 Å². The van der Waals surface area contributed by atoms with Crippen LogP contribution in [0.15, 0.2) is 12.2 Å². The highest BCUT2D eigenvalue weighted by molar-refractivity contribution is 4.78. The van der Waals surface area contributed by atoms with Crippen molar-refractivity contribution in [1.29, 1.82) is 0 Å². The van der Waals surface area contributed by atoms with Gasteiger partial charge in [-0.1, -0.05) is 96.1 Å². The van der Waals surface area contributed by atoms with Crippen LogP contribution in [0.2, 0.25) is 0 Å². The molecule has 0 amide bonds. The molecule has 0 rings (SSSR count). The standard InChI is InChI=1S/C4H8.6C2H6.CH4/c1-4(2)3;6*1-2;/h1H2,2-3H3;6*1-2H3;1H4. The second-order valence-corrected chi connectivity index (χ2v) is 1.21. The van der Waals surface area contributed by atoms with E-state index in [0.717, 1.165) is 0 Å². The van der Waals surface area contributed by atoms with Crippen molar-refractivity contribution >= 4 is 0 Å². The SMILES string of the molecule is C.C=C(C)C.CC.CC.CC.CC.CC.CC. The van der Waals surface area contributed by atoms with Crippen LogP contribution >= 0.6 is 0 Å². The van der Waals surface area contributed by atoms with Crippen LogP contribution in [0.25, 0.3) is 0 Å². The van der Waals surface area contributed by atoms with E-state index in [1.807, 2.05) is 96.9 Å². The van der Waals surface area contributed by atoms with Gasteiger partial charge in [0.05, 0.1) is 0 Å². The Morgan fingerprint density at radius 3 is 0.471 bits per heavy atom. The van der Waals surface area contributed by atoms with Gasteiger partial charge in [0, 0.05) is 0 Å². The maximum absolute atomic E-state index is 3.56. The topological polar surface area (TPSA) is 0 Å². The molecule has 0 unspecified atom stereocenters. The monoisotopic (exact) mass is 252 g/mol. The van der Waals surface area contributed by atoms with Crippen LogP contribution in [-0.2, 0) is 0 Å². The summed E-state index contributed by atoms with van der Waals surface area (Å²) in [6.45, 7) is 31.5. The molecule has 0 atom stereocenters. The van der Waals surface area contributed by atoms with E-state index in [-0.39, 0.29) is 7.43 Å². The van der Waals surface area contributed by atoms with Crippen molar-refractivity contribution in [2.45, 2.75) is 104 Å². The van der Waals surface area contributed by atoms with Crippen molar-refractivity contribution in [1.82, 2.24) is 0 Å². The molecular formula is C17H48. The Labute approximate surface area is 117 Å². The highest BCUT2D eigenvalue weighted by atomic mass is 13.6. The fraction of sp³-hybridized carbons (Fsp3) is 0.882. The lowest BCUT2D eigenvalue weighted by molar-refractivity contribution is 1.42. The molecule has 0 aromatic rings. The average molecular weight is 253 g/mol. The summed E-state index contributed by atoms with van der Waals surface area (Å²) in [5.74, 6) is 0. The van der Waals surface area contributed by atoms with Crippen LogP contribution in [0.1, 0.15) is 104 Å². The van der Waals surface area contributed by atoms with Gasteiger partial charge in [0.2, 0.25) is 0 Å². The average Bonchev–Trinajstić information content (AvgIpc) is 2.42. The summed E-state index contributed by atoms with van der Waals surface area (Å²) < 4.78 is 0. The summed E-state index contributed by atoms with van der Waals surface area (Å²) in [5, 5.41) is 0. The quantitative estimate of drug-likeness (QED) is 0.380. The van der Waals surface area contributed by atoms with E-state index in [9.17, 15) is 0 Å². The lowest BCUT2D eigenvalue weighted by Crippen LogP contribution is -1.43. The summed E-state index contributed by atoms with van der Waals surface area (Å²) in [4.78, 5) is 0. The normalized spacial score (nSPS) is 3.65. The van der Waals surface area contributed by atoms with E-state index < -0.39 is 0 Å². The lowest BCUT2D eigenvalue weighted by atomic mass is 10.4. The largest absolute Gasteiger partial charge is 0.100 e. The molecule has 0 aromatic heterocycles. The summed E-state index contributed by atoms with van der Waals surface area (Å²) >= 11 is 0. The Hall–Kier alpha value is -0.260. The zero-order valence-corrected chi connectivity index (χ0v) is 15.2. The first-order valence-corrected chi connectivity index (χ1v) is 7.35. The first-order valence-electron chi connectivity index (χ1n) is 7.35. The zero-order valence-electron chi connectivity index (χ0n) is 15.2. The Morgan fingerprint density at radius 2 is 0.471 bits per heavy atom.